The van der Waals surface area contributed by atoms with Gasteiger partial charge in [0.25, 0.3) is 15.9 Å². The third kappa shape index (κ3) is 4.61. The van der Waals surface area contributed by atoms with E-state index < -0.39 is 21.7 Å². The summed E-state index contributed by atoms with van der Waals surface area (Å²) in [7, 11) is -3.95. The summed E-state index contributed by atoms with van der Waals surface area (Å²) < 4.78 is 42.8. The fourth-order valence-electron chi connectivity index (χ4n) is 3.78. The van der Waals surface area contributed by atoms with Crippen molar-refractivity contribution in [3.63, 3.8) is 0 Å². The first kappa shape index (κ1) is 21.0. The van der Waals surface area contributed by atoms with Crippen molar-refractivity contribution in [1.29, 1.82) is 0 Å². The fraction of sp³-hybridized carbons (Fsp3) is 0.273. The van der Waals surface area contributed by atoms with Gasteiger partial charge in [-0.15, -0.1) is 0 Å². The molecule has 4 rings (SSSR count). The monoisotopic (exact) mass is 442 g/mol. The highest BCUT2D eigenvalue weighted by Crippen LogP contribution is 2.31. The van der Waals surface area contributed by atoms with E-state index in [1.54, 1.807) is 25.3 Å². The van der Waals surface area contributed by atoms with Crippen LogP contribution in [-0.4, -0.2) is 24.1 Å². The lowest BCUT2D eigenvalue weighted by Crippen LogP contribution is -2.19. The molecule has 1 aliphatic rings. The Kier molecular flexibility index (Phi) is 5.77. The van der Waals surface area contributed by atoms with Crippen LogP contribution in [0, 0.1) is 12.7 Å². The van der Waals surface area contributed by atoms with Crippen molar-refractivity contribution in [2.75, 3.05) is 10.0 Å². The van der Waals surface area contributed by atoms with Gasteiger partial charge in [0, 0.05) is 17.3 Å². The van der Waals surface area contributed by atoms with Gasteiger partial charge in [0.15, 0.2) is 0 Å². The van der Waals surface area contributed by atoms with Crippen molar-refractivity contribution in [2.45, 2.75) is 43.5 Å². The van der Waals surface area contributed by atoms with Crippen LogP contribution < -0.4 is 10.0 Å². The van der Waals surface area contributed by atoms with E-state index in [0.29, 0.717) is 11.4 Å². The Balaban J connectivity index is 1.57. The van der Waals surface area contributed by atoms with Crippen LogP contribution in [0.15, 0.2) is 59.6 Å². The molecule has 1 aromatic heterocycles. The second-order valence-electron chi connectivity index (χ2n) is 7.64. The molecular weight excluding hydrogens is 419 g/mol. The standard InChI is InChI=1S/C22H23FN4O3S/c1-15-6-11-19(31(29,30)26-17-9-7-16(23)8-10-17)14-20(15)22(28)25-21-12-13-24-27(21)18-4-2-3-5-18/h6-14,18,26H,2-5H2,1H3,(H,25,28). The summed E-state index contributed by atoms with van der Waals surface area (Å²) in [4.78, 5) is 12.9. The summed E-state index contributed by atoms with van der Waals surface area (Å²) in [5.41, 5.74) is 1.12. The third-order valence-corrected chi connectivity index (χ3v) is 6.82. The lowest BCUT2D eigenvalue weighted by molar-refractivity contribution is 0.102. The van der Waals surface area contributed by atoms with Crippen molar-refractivity contribution in [3.8, 4) is 0 Å². The Labute approximate surface area is 180 Å². The van der Waals surface area contributed by atoms with Crippen molar-refractivity contribution in [3.05, 3.63) is 71.7 Å². The molecule has 162 valence electrons. The number of nitrogens with one attached hydrogen (secondary N) is 2. The van der Waals surface area contributed by atoms with Gasteiger partial charge in [0.1, 0.15) is 11.6 Å². The number of amides is 1. The number of carbonyl (C=O) groups is 1. The molecule has 9 heteroatoms. The summed E-state index contributed by atoms with van der Waals surface area (Å²) in [5.74, 6) is -0.279. The molecule has 1 heterocycles. The maximum Gasteiger partial charge on any atom is 0.261 e. The Bertz CT molecular complexity index is 1200. The average Bonchev–Trinajstić information content (AvgIpc) is 3.41. The summed E-state index contributed by atoms with van der Waals surface area (Å²) in [6, 6.07) is 11.4. The number of rotatable bonds is 6. The predicted octanol–water partition coefficient (Wildman–Crippen LogP) is 4.50. The molecule has 2 aromatic carbocycles. The van der Waals surface area contributed by atoms with Crippen LogP contribution in [0.2, 0.25) is 0 Å². The van der Waals surface area contributed by atoms with E-state index in [0.717, 1.165) is 25.7 Å². The van der Waals surface area contributed by atoms with E-state index in [4.69, 9.17) is 0 Å². The number of aromatic nitrogens is 2. The molecule has 0 unspecified atom stereocenters. The molecule has 0 aliphatic heterocycles. The maximum atomic E-state index is 13.1. The molecule has 2 N–H and O–H groups in total. The molecular formula is C22H23FN4O3S. The van der Waals surface area contributed by atoms with E-state index >= 15 is 0 Å². The number of benzene rings is 2. The molecule has 0 radical (unpaired) electrons. The maximum absolute atomic E-state index is 13.1. The van der Waals surface area contributed by atoms with Crippen molar-refractivity contribution < 1.29 is 17.6 Å². The highest BCUT2D eigenvalue weighted by Gasteiger charge is 2.22. The summed E-state index contributed by atoms with van der Waals surface area (Å²) >= 11 is 0. The molecule has 1 fully saturated rings. The SMILES string of the molecule is Cc1ccc(S(=O)(=O)Nc2ccc(F)cc2)cc1C(=O)Nc1ccnn1C1CCCC1. The summed E-state index contributed by atoms with van der Waals surface area (Å²) in [5, 5.41) is 7.21. The van der Waals surface area contributed by atoms with E-state index in [1.165, 1.54) is 36.4 Å². The Morgan fingerprint density at radius 2 is 1.81 bits per heavy atom. The minimum absolute atomic E-state index is 0.0584. The van der Waals surface area contributed by atoms with Crippen LogP contribution in [-0.2, 0) is 10.0 Å². The Hall–Kier alpha value is -3.20. The van der Waals surface area contributed by atoms with Gasteiger partial charge in [-0.05, 0) is 61.7 Å². The van der Waals surface area contributed by atoms with E-state index in [9.17, 15) is 17.6 Å². The number of sulfonamides is 1. The summed E-state index contributed by atoms with van der Waals surface area (Å²) in [6.07, 6.45) is 5.96. The van der Waals surface area contributed by atoms with Crippen LogP contribution in [0.5, 0.6) is 0 Å². The van der Waals surface area contributed by atoms with Gasteiger partial charge in [-0.1, -0.05) is 18.9 Å². The Morgan fingerprint density at radius 3 is 2.52 bits per heavy atom. The number of halogens is 1. The second kappa shape index (κ2) is 8.50. The molecule has 0 saturated heterocycles. The van der Waals surface area contributed by atoms with Crippen LogP contribution in [0.3, 0.4) is 0 Å². The lowest BCUT2D eigenvalue weighted by Gasteiger charge is -2.16. The molecule has 31 heavy (non-hydrogen) atoms. The summed E-state index contributed by atoms with van der Waals surface area (Å²) in [6.45, 7) is 1.74. The van der Waals surface area contributed by atoms with Crippen molar-refractivity contribution in [1.82, 2.24) is 9.78 Å². The number of carbonyl (C=O) groups excluding carboxylic acids is 1. The molecule has 1 saturated carbocycles. The van der Waals surface area contributed by atoms with E-state index in [2.05, 4.69) is 15.1 Å². The minimum Gasteiger partial charge on any atom is -0.307 e. The quantitative estimate of drug-likeness (QED) is 0.588. The second-order valence-corrected chi connectivity index (χ2v) is 9.32. The van der Waals surface area contributed by atoms with Crippen LogP contribution in [0.1, 0.15) is 47.6 Å². The number of hydrogen-bond donors (Lipinski definition) is 2. The minimum atomic E-state index is -3.95. The van der Waals surface area contributed by atoms with Crippen LogP contribution in [0.4, 0.5) is 15.9 Å². The van der Waals surface area contributed by atoms with Crippen molar-refractivity contribution >= 4 is 27.4 Å². The predicted molar refractivity (Wildman–Crippen MR) is 116 cm³/mol. The average molecular weight is 443 g/mol. The lowest BCUT2D eigenvalue weighted by atomic mass is 10.1. The van der Waals surface area contributed by atoms with Gasteiger partial charge < -0.3 is 5.32 Å². The van der Waals surface area contributed by atoms with E-state index in [-0.39, 0.29) is 22.2 Å². The first-order valence-electron chi connectivity index (χ1n) is 10.1. The number of hydrogen-bond acceptors (Lipinski definition) is 4. The van der Waals surface area contributed by atoms with Gasteiger partial charge in [0.05, 0.1) is 17.1 Å². The number of anilines is 2. The smallest absolute Gasteiger partial charge is 0.261 e. The van der Waals surface area contributed by atoms with Gasteiger partial charge in [0.2, 0.25) is 0 Å². The van der Waals surface area contributed by atoms with E-state index in [1.807, 2.05) is 4.68 Å². The molecule has 0 bridgehead atoms. The largest absolute Gasteiger partial charge is 0.307 e. The van der Waals surface area contributed by atoms with Gasteiger partial charge >= 0.3 is 0 Å². The zero-order valence-electron chi connectivity index (χ0n) is 17.0. The van der Waals surface area contributed by atoms with Crippen molar-refractivity contribution in [2.24, 2.45) is 0 Å². The highest BCUT2D eigenvalue weighted by atomic mass is 32.2. The first-order chi connectivity index (χ1) is 14.8. The number of nitrogens with zero attached hydrogens (tertiary/aromatic N) is 2. The molecule has 7 nitrogen and oxygen atoms in total. The fourth-order valence-corrected chi connectivity index (χ4v) is 4.87. The van der Waals surface area contributed by atoms with Crippen LogP contribution >= 0.6 is 0 Å². The Morgan fingerprint density at radius 1 is 1.10 bits per heavy atom. The number of aryl methyl sites for hydroxylation is 1. The first-order valence-corrected chi connectivity index (χ1v) is 11.6. The molecule has 3 aromatic rings. The topological polar surface area (TPSA) is 93.1 Å². The van der Waals surface area contributed by atoms with Gasteiger partial charge in [-0.3, -0.25) is 9.52 Å². The molecule has 1 amide bonds. The van der Waals surface area contributed by atoms with Gasteiger partial charge in [-0.2, -0.15) is 5.10 Å². The van der Waals surface area contributed by atoms with Gasteiger partial charge in [-0.25, -0.2) is 17.5 Å². The highest BCUT2D eigenvalue weighted by molar-refractivity contribution is 7.92. The zero-order valence-corrected chi connectivity index (χ0v) is 17.8. The van der Waals surface area contributed by atoms with Crippen LogP contribution in [0.25, 0.3) is 0 Å². The molecule has 1 aliphatic carbocycles. The molecule has 0 spiro atoms. The zero-order chi connectivity index (χ0) is 22.0. The normalized spacial score (nSPS) is 14.5. The molecule has 0 atom stereocenters. The third-order valence-electron chi connectivity index (χ3n) is 5.44.